The molecule has 1 amide bonds. The van der Waals surface area contributed by atoms with Crippen molar-refractivity contribution < 1.29 is 13.9 Å². The molecular formula is C18H28ClFN2O2. The Labute approximate surface area is 149 Å². The van der Waals surface area contributed by atoms with E-state index in [1.54, 1.807) is 12.1 Å². The minimum Gasteiger partial charge on any atom is -0.444 e. The molecule has 0 radical (unpaired) electrons. The normalized spacial score (nSPS) is 12.6. The minimum absolute atomic E-state index is 0.106. The van der Waals surface area contributed by atoms with Crippen molar-refractivity contribution in [2.75, 3.05) is 24.5 Å². The lowest BCUT2D eigenvalue weighted by Gasteiger charge is -2.28. The summed E-state index contributed by atoms with van der Waals surface area (Å²) in [6.45, 7) is 11.5. The number of nitrogens with zero attached hydrogens (tertiary/aromatic N) is 1. The molecule has 0 spiro atoms. The van der Waals surface area contributed by atoms with Crippen molar-refractivity contribution >= 4 is 23.4 Å². The van der Waals surface area contributed by atoms with E-state index in [1.807, 2.05) is 25.7 Å². The molecule has 0 unspecified atom stereocenters. The Morgan fingerprint density at radius 3 is 2.62 bits per heavy atom. The van der Waals surface area contributed by atoms with Crippen molar-refractivity contribution in [3.63, 3.8) is 0 Å². The van der Waals surface area contributed by atoms with Gasteiger partial charge in [-0.25, -0.2) is 9.18 Å². The SMILES string of the molecule is CC[C@H](C)CN(CCNC(=O)OC(C)(C)C)c1ccc(Cl)c(F)c1. The lowest BCUT2D eigenvalue weighted by Crippen LogP contribution is -2.39. The molecule has 0 aliphatic rings. The average molecular weight is 359 g/mol. The zero-order chi connectivity index (χ0) is 18.3. The molecule has 0 saturated carbocycles. The molecule has 136 valence electrons. The number of anilines is 1. The quantitative estimate of drug-likeness (QED) is 0.757. The topological polar surface area (TPSA) is 41.6 Å². The third-order valence-corrected chi connectivity index (χ3v) is 3.85. The van der Waals surface area contributed by atoms with Crippen LogP contribution in [0.2, 0.25) is 5.02 Å². The Hall–Kier alpha value is -1.49. The third-order valence-electron chi connectivity index (χ3n) is 3.55. The number of alkyl carbamates (subject to hydrolysis) is 1. The molecule has 4 nitrogen and oxygen atoms in total. The van der Waals surface area contributed by atoms with E-state index in [4.69, 9.17) is 16.3 Å². The number of carbonyl (C=O) groups excluding carboxylic acids is 1. The molecule has 0 aliphatic heterocycles. The van der Waals surface area contributed by atoms with Crippen molar-refractivity contribution in [3.05, 3.63) is 29.0 Å². The van der Waals surface area contributed by atoms with Crippen molar-refractivity contribution in [2.45, 2.75) is 46.6 Å². The first-order valence-electron chi connectivity index (χ1n) is 8.29. The number of halogens is 2. The maximum atomic E-state index is 13.7. The average Bonchev–Trinajstić information content (AvgIpc) is 2.47. The Bertz CT molecular complexity index is 546. The first-order chi connectivity index (χ1) is 11.1. The van der Waals surface area contributed by atoms with Crippen LogP contribution in [-0.4, -0.2) is 31.3 Å². The van der Waals surface area contributed by atoms with Gasteiger partial charge in [0.2, 0.25) is 0 Å². The zero-order valence-corrected chi connectivity index (χ0v) is 15.9. The van der Waals surface area contributed by atoms with Gasteiger partial charge in [0.25, 0.3) is 0 Å². The molecule has 0 aliphatic carbocycles. The lowest BCUT2D eigenvalue weighted by atomic mass is 10.1. The minimum atomic E-state index is -0.528. The van der Waals surface area contributed by atoms with Crippen LogP contribution in [0.25, 0.3) is 0 Å². The molecule has 1 atom stereocenters. The first-order valence-corrected chi connectivity index (χ1v) is 8.67. The second-order valence-electron chi connectivity index (χ2n) is 6.99. The Balaban J connectivity index is 2.69. The van der Waals surface area contributed by atoms with E-state index in [9.17, 15) is 9.18 Å². The number of benzene rings is 1. The monoisotopic (exact) mass is 358 g/mol. The standard InChI is InChI=1S/C18H28ClFN2O2/c1-6-13(2)12-22(14-7-8-15(19)16(20)11-14)10-9-21-17(23)24-18(3,4)5/h7-8,11,13H,6,9-10,12H2,1-5H3,(H,21,23)/t13-/m0/s1. The lowest BCUT2D eigenvalue weighted by molar-refractivity contribution is 0.0529. The summed E-state index contributed by atoms with van der Waals surface area (Å²) < 4.78 is 19.0. The fourth-order valence-corrected chi connectivity index (χ4v) is 2.24. The van der Waals surface area contributed by atoms with Crippen molar-refractivity contribution in [2.24, 2.45) is 5.92 Å². The summed E-state index contributed by atoms with van der Waals surface area (Å²) in [6, 6.07) is 4.77. The van der Waals surface area contributed by atoms with E-state index >= 15 is 0 Å². The molecule has 0 saturated heterocycles. The smallest absolute Gasteiger partial charge is 0.407 e. The van der Waals surface area contributed by atoms with Gasteiger partial charge >= 0.3 is 6.09 Å². The number of carbonyl (C=O) groups is 1. The van der Waals surface area contributed by atoms with E-state index in [0.717, 1.165) is 18.7 Å². The van der Waals surface area contributed by atoms with E-state index in [0.29, 0.717) is 19.0 Å². The van der Waals surface area contributed by atoms with Crippen LogP contribution in [0.3, 0.4) is 0 Å². The number of hydrogen-bond acceptors (Lipinski definition) is 3. The number of nitrogens with one attached hydrogen (secondary N) is 1. The highest BCUT2D eigenvalue weighted by atomic mass is 35.5. The van der Waals surface area contributed by atoms with Crippen molar-refractivity contribution in [1.29, 1.82) is 0 Å². The molecular weight excluding hydrogens is 331 g/mol. The number of amides is 1. The second-order valence-corrected chi connectivity index (χ2v) is 7.39. The molecule has 1 N–H and O–H groups in total. The van der Waals surface area contributed by atoms with Gasteiger partial charge in [0.1, 0.15) is 11.4 Å². The fourth-order valence-electron chi connectivity index (χ4n) is 2.12. The number of ether oxygens (including phenoxy) is 1. The van der Waals surface area contributed by atoms with E-state index in [2.05, 4.69) is 19.2 Å². The van der Waals surface area contributed by atoms with Crippen LogP contribution in [0.4, 0.5) is 14.9 Å². The van der Waals surface area contributed by atoms with Crippen molar-refractivity contribution in [3.8, 4) is 0 Å². The van der Waals surface area contributed by atoms with Gasteiger partial charge in [-0.1, -0.05) is 31.9 Å². The van der Waals surface area contributed by atoms with E-state index in [1.165, 1.54) is 6.07 Å². The van der Waals surface area contributed by atoms with Crippen LogP contribution in [0.5, 0.6) is 0 Å². The highest BCUT2D eigenvalue weighted by molar-refractivity contribution is 6.30. The Morgan fingerprint density at radius 1 is 1.42 bits per heavy atom. The van der Waals surface area contributed by atoms with Gasteiger partial charge < -0.3 is 15.0 Å². The summed E-state index contributed by atoms with van der Waals surface area (Å²) in [6.07, 6.45) is 0.569. The predicted molar refractivity (Wildman–Crippen MR) is 97.3 cm³/mol. The van der Waals surface area contributed by atoms with Crippen LogP contribution >= 0.6 is 11.6 Å². The van der Waals surface area contributed by atoms with E-state index in [-0.39, 0.29) is 5.02 Å². The Kier molecular flexibility index (Phi) is 7.80. The molecule has 0 aromatic heterocycles. The van der Waals surface area contributed by atoms with Crippen molar-refractivity contribution in [1.82, 2.24) is 5.32 Å². The number of hydrogen-bond donors (Lipinski definition) is 1. The largest absolute Gasteiger partial charge is 0.444 e. The third kappa shape index (κ3) is 7.39. The van der Waals surface area contributed by atoms with Gasteiger partial charge in [-0.3, -0.25) is 0 Å². The van der Waals surface area contributed by atoms with Gasteiger partial charge in [0.15, 0.2) is 0 Å². The molecule has 1 rings (SSSR count). The molecule has 6 heteroatoms. The molecule has 0 bridgehead atoms. The maximum Gasteiger partial charge on any atom is 0.407 e. The second kappa shape index (κ2) is 9.11. The highest BCUT2D eigenvalue weighted by Gasteiger charge is 2.17. The maximum absolute atomic E-state index is 13.7. The summed E-state index contributed by atoms with van der Waals surface area (Å²) in [4.78, 5) is 13.8. The van der Waals surface area contributed by atoms with Crippen LogP contribution in [-0.2, 0) is 4.74 Å². The van der Waals surface area contributed by atoms with Gasteiger partial charge in [-0.2, -0.15) is 0 Å². The van der Waals surface area contributed by atoms with Crippen LogP contribution < -0.4 is 10.2 Å². The summed E-state index contributed by atoms with van der Waals surface area (Å²) in [5, 5.41) is 2.84. The Morgan fingerprint density at radius 2 is 2.08 bits per heavy atom. The number of rotatable bonds is 7. The van der Waals surface area contributed by atoms with Crippen LogP contribution in [0.15, 0.2) is 18.2 Å². The molecule has 0 fully saturated rings. The van der Waals surface area contributed by atoms with E-state index < -0.39 is 17.5 Å². The van der Waals surface area contributed by atoms with Crippen LogP contribution in [0, 0.1) is 11.7 Å². The molecule has 1 aromatic rings. The summed E-state index contributed by atoms with van der Waals surface area (Å²) in [7, 11) is 0. The van der Waals surface area contributed by atoms with Gasteiger partial charge in [-0.15, -0.1) is 0 Å². The fraction of sp³-hybridized carbons (Fsp3) is 0.611. The molecule has 24 heavy (non-hydrogen) atoms. The zero-order valence-electron chi connectivity index (χ0n) is 15.2. The molecule has 0 heterocycles. The van der Waals surface area contributed by atoms with Gasteiger partial charge in [0.05, 0.1) is 5.02 Å². The first kappa shape index (κ1) is 20.6. The predicted octanol–water partition coefficient (Wildman–Crippen LogP) is 4.86. The highest BCUT2D eigenvalue weighted by Crippen LogP contribution is 2.23. The summed E-state index contributed by atoms with van der Waals surface area (Å²) >= 11 is 5.76. The summed E-state index contributed by atoms with van der Waals surface area (Å²) in [5.41, 5.74) is 0.225. The van der Waals surface area contributed by atoms with Crippen LogP contribution in [0.1, 0.15) is 41.0 Å². The van der Waals surface area contributed by atoms with Gasteiger partial charge in [0, 0.05) is 25.3 Å². The van der Waals surface area contributed by atoms with Gasteiger partial charge in [-0.05, 0) is 44.9 Å². The summed E-state index contributed by atoms with van der Waals surface area (Å²) in [5.74, 6) is 0.00804. The molecule has 1 aromatic carbocycles.